The highest BCUT2D eigenvalue weighted by molar-refractivity contribution is 7.98. The predicted molar refractivity (Wildman–Crippen MR) is 123 cm³/mol. The van der Waals surface area contributed by atoms with E-state index in [1.54, 1.807) is 16.7 Å². The van der Waals surface area contributed by atoms with Gasteiger partial charge in [0, 0.05) is 11.4 Å². The van der Waals surface area contributed by atoms with E-state index in [-0.39, 0.29) is 10.7 Å². The van der Waals surface area contributed by atoms with Crippen molar-refractivity contribution in [1.29, 1.82) is 0 Å². The zero-order valence-corrected chi connectivity index (χ0v) is 17.9. The van der Waals surface area contributed by atoms with Crippen molar-refractivity contribution in [2.45, 2.75) is 17.5 Å². The lowest BCUT2D eigenvalue weighted by Gasteiger charge is -2.11. The minimum absolute atomic E-state index is 0.0376. The number of halogens is 1. The highest BCUT2D eigenvalue weighted by Crippen LogP contribution is 2.27. The van der Waals surface area contributed by atoms with Gasteiger partial charge in [-0.15, -0.1) is 10.2 Å². The van der Waals surface area contributed by atoms with Gasteiger partial charge in [-0.1, -0.05) is 71.6 Å². The van der Waals surface area contributed by atoms with Gasteiger partial charge in [-0.05, 0) is 35.9 Å². The maximum Gasteiger partial charge on any atom is 0.308 e. The highest BCUT2D eigenvalue weighted by Gasteiger charge is 2.18. The standard InChI is InChI=1S/C23H17FN4OS2/c24-18-11-5-4-8-16(18)15-30-22-26-25-21(28(22)17-9-2-1-3-10-17)14-27-19-12-6-7-13-20(19)31-23(27)29/h1-13H,14-15H2. The molecule has 0 aliphatic heterocycles. The van der Waals surface area contributed by atoms with E-state index in [9.17, 15) is 9.18 Å². The first-order valence-corrected chi connectivity index (χ1v) is 11.5. The van der Waals surface area contributed by atoms with Gasteiger partial charge in [-0.25, -0.2) is 4.39 Å². The molecule has 0 aliphatic rings. The normalized spacial score (nSPS) is 11.3. The van der Waals surface area contributed by atoms with Crippen molar-refractivity contribution in [2.24, 2.45) is 0 Å². The van der Waals surface area contributed by atoms with Gasteiger partial charge in [0.25, 0.3) is 0 Å². The van der Waals surface area contributed by atoms with E-state index in [4.69, 9.17) is 0 Å². The molecular weight excluding hydrogens is 431 g/mol. The summed E-state index contributed by atoms with van der Waals surface area (Å²) in [5.74, 6) is 0.837. The summed E-state index contributed by atoms with van der Waals surface area (Å²) < 4.78 is 18.7. The van der Waals surface area contributed by atoms with Crippen molar-refractivity contribution in [3.05, 3.63) is 106 Å². The Morgan fingerprint density at radius 1 is 0.903 bits per heavy atom. The fourth-order valence-corrected chi connectivity index (χ4v) is 5.24. The van der Waals surface area contributed by atoms with E-state index in [0.29, 0.717) is 28.8 Å². The molecule has 0 saturated heterocycles. The van der Waals surface area contributed by atoms with Crippen LogP contribution in [0.25, 0.3) is 15.9 Å². The van der Waals surface area contributed by atoms with Gasteiger partial charge < -0.3 is 0 Å². The van der Waals surface area contributed by atoms with Gasteiger partial charge in [-0.2, -0.15) is 0 Å². The van der Waals surface area contributed by atoms with E-state index in [1.807, 2.05) is 65.2 Å². The Balaban J connectivity index is 1.54. The van der Waals surface area contributed by atoms with Crippen LogP contribution in [0.15, 0.2) is 88.8 Å². The van der Waals surface area contributed by atoms with Crippen molar-refractivity contribution in [3.8, 4) is 5.69 Å². The molecule has 0 fully saturated rings. The Hall–Kier alpha value is -3.23. The molecule has 0 aliphatic carbocycles. The van der Waals surface area contributed by atoms with Crippen molar-refractivity contribution in [1.82, 2.24) is 19.3 Å². The minimum atomic E-state index is -0.239. The summed E-state index contributed by atoms with van der Waals surface area (Å²) in [5, 5.41) is 9.41. The Kier molecular flexibility index (Phi) is 5.40. The topological polar surface area (TPSA) is 52.7 Å². The second kappa shape index (κ2) is 8.49. The molecule has 5 aromatic rings. The zero-order chi connectivity index (χ0) is 21.2. The first kappa shape index (κ1) is 19.7. The average Bonchev–Trinajstić information content (AvgIpc) is 3.34. The molecule has 0 bridgehead atoms. The molecule has 0 radical (unpaired) electrons. The fourth-order valence-electron chi connectivity index (χ4n) is 3.40. The number of para-hydroxylation sites is 2. The first-order valence-electron chi connectivity index (χ1n) is 9.65. The highest BCUT2D eigenvalue weighted by atomic mass is 32.2. The van der Waals surface area contributed by atoms with E-state index >= 15 is 0 Å². The summed E-state index contributed by atoms with van der Waals surface area (Å²) in [6.07, 6.45) is 0. The zero-order valence-electron chi connectivity index (χ0n) is 16.3. The third-order valence-corrected chi connectivity index (χ3v) is 6.84. The molecule has 2 aromatic heterocycles. The lowest BCUT2D eigenvalue weighted by molar-refractivity contribution is 0.617. The van der Waals surface area contributed by atoms with E-state index in [1.165, 1.54) is 29.2 Å². The van der Waals surface area contributed by atoms with Crippen LogP contribution in [0.1, 0.15) is 11.4 Å². The molecular formula is C23H17FN4OS2. The number of hydrogen-bond acceptors (Lipinski definition) is 5. The average molecular weight is 449 g/mol. The van der Waals surface area contributed by atoms with Crippen LogP contribution in [-0.4, -0.2) is 19.3 Å². The summed E-state index contributed by atoms with van der Waals surface area (Å²) in [6.45, 7) is 0.297. The monoisotopic (exact) mass is 448 g/mol. The number of thiazole rings is 1. The number of hydrogen-bond donors (Lipinski definition) is 0. The quantitative estimate of drug-likeness (QED) is 0.338. The van der Waals surface area contributed by atoms with Gasteiger partial charge in [0.2, 0.25) is 0 Å². The van der Waals surface area contributed by atoms with Crippen LogP contribution in [0.2, 0.25) is 0 Å². The molecule has 0 spiro atoms. The number of benzene rings is 3. The molecule has 0 saturated carbocycles. The molecule has 0 amide bonds. The van der Waals surface area contributed by atoms with Crippen molar-refractivity contribution < 1.29 is 4.39 Å². The van der Waals surface area contributed by atoms with Crippen molar-refractivity contribution >= 4 is 33.3 Å². The third kappa shape index (κ3) is 3.92. The van der Waals surface area contributed by atoms with Gasteiger partial charge in [-0.3, -0.25) is 13.9 Å². The summed E-state index contributed by atoms with van der Waals surface area (Å²) in [5.41, 5.74) is 2.38. The van der Waals surface area contributed by atoms with Crippen LogP contribution in [0.3, 0.4) is 0 Å². The fraction of sp³-hybridized carbons (Fsp3) is 0.0870. The maximum absolute atomic E-state index is 14.1. The van der Waals surface area contributed by atoms with Gasteiger partial charge in [0.15, 0.2) is 11.0 Å². The molecule has 5 nitrogen and oxygen atoms in total. The predicted octanol–water partition coefficient (Wildman–Crippen LogP) is 5.12. The van der Waals surface area contributed by atoms with Gasteiger partial charge >= 0.3 is 4.87 Å². The van der Waals surface area contributed by atoms with Crippen LogP contribution in [0, 0.1) is 5.82 Å². The summed E-state index contributed by atoms with van der Waals surface area (Å²) in [4.78, 5) is 12.6. The van der Waals surface area contributed by atoms with Crippen LogP contribution in [-0.2, 0) is 12.3 Å². The van der Waals surface area contributed by atoms with E-state index in [0.717, 1.165) is 15.9 Å². The Labute approximate surface area is 185 Å². The SMILES string of the molecule is O=c1sc2ccccc2n1Cc1nnc(SCc2ccccc2F)n1-c1ccccc1. The second-order valence-electron chi connectivity index (χ2n) is 6.87. The molecule has 0 atom stereocenters. The molecule has 0 unspecified atom stereocenters. The van der Waals surface area contributed by atoms with Crippen LogP contribution in [0.5, 0.6) is 0 Å². The Morgan fingerprint density at radius 3 is 2.48 bits per heavy atom. The second-order valence-corrected chi connectivity index (χ2v) is 8.81. The summed E-state index contributed by atoms with van der Waals surface area (Å²) in [6, 6.07) is 24.2. The summed E-state index contributed by atoms with van der Waals surface area (Å²) in [7, 11) is 0. The number of rotatable bonds is 6. The Morgan fingerprint density at radius 2 is 1.65 bits per heavy atom. The smallest absolute Gasteiger partial charge is 0.291 e. The van der Waals surface area contributed by atoms with Crippen molar-refractivity contribution in [2.75, 3.05) is 0 Å². The molecule has 2 heterocycles. The molecule has 31 heavy (non-hydrogen) atoms. The Bertz CT molecular complexity index is 1410. The number of nitrogens with zero attached hydrogens (tertiary/aromatic N) is 4. The van der Waals surface area contributed by atoms with Crippen LogP contribution >= 0.6 is 23.1 Å². The lowest BCUT2D eigenvalue weighted by Crippen LogP contribution is -2.16. The molecule has 154 valence electrons. The number of fused-ring (bicyclic) bond motifs is 1. The minimum Gasteiger partial charge on any atom is -0.291 e. The van der Waals surface area contributed by atoms with Crippen LogP contribution in [0.4, 0.5) is 4.39 Å². The molecule has 0 N–H and O–H groups in total. The number of thioether (sulfide) groups is 1. The van der Waals surface area contributed by atoms with Crippen LogP contribution < -0.4 is 4.87 Å². The van der Waals surface area contributed by atoms with E-state index < -0.39 is 0 Å². The molecule has 5 rings (SSSR count). The van der Waals surface area contributed by atoms with Gasteiger partial charge in [0.05, 0.1) is 16.8 Å². The molecule has 3 aromatic carbocycles. The van der Waals surface area contributed by atoms with E-state index in [2.05, 4.69) is 10.2 Å². The lowest BCUT2D eigenvalue weighted by atomic mass is 10.2. The van der Waals surface area contributed by atoms with Gasteiger partial charge in [0.1, 0.15) is 5.82 Å². The largest absolute Gasteiger partial charge is 0.308 e. The van der Waals surface area contributed by atoms with Crippen molar-refractivity contribution in [3.63, 3.8) is 0 Å². The molecule has 8 heteroatoms. The summed E-state index contributed by atoms with van der Waals surface area (Å²) >= 11 is 2.63. The number of aromatic nitrogens is 4. The third-order valence-electron chi connectivity index (χ3n) is 4.90. The maximum atomic E-state index is 14.1. The first-order chi connectivity index (χ1) is 15.2.